The monoisotopic (exact) mass is 345 g/mol. The molecule has 5 heteroatoms. The molecular weight excluding hydrogens is 322 g/mol. The Morgan fingerprint density at radius 2 is 1.83 bits per heavy atom. The molecule has 4 nitrogen and oxygen atoms in total. The van der Waals surface area contributed by atoms with Crippen LogP contribution in [0.4, 0.5) is 0 Å². The second kappa shape index (κ2) is 6.85. The van der Waals surface area contributed by atoms with Gasteiger partial charge in [-0.3, -0.25) is 4.79 Å². The molecule has 24 heavy (non-hydrogen) atoms. The fourth-order valence-corrected chi connectivity index (χ4v) is 4.27. The molecular formula is C19H23NO3S. The van der Waals surface area contributed by atoms with Gasteiger partial charge in [-0.15, -0.1) is 11.3 Å². The van der Waals surface area contributed by atoms with Gasteiger partial charge < -0.3 is 14.4 Å². The summed E-state index contributed by atoms with van der Waals surface area (Å²) in [5.41, 5.74) is 3.64. The summed E-state index contributed by atoms with van der Waals surface area (Å²) in [6.45, 7) is 5.57. The van der Waals surface area contributed by atoms with Gasteiger partial charge in [-0.25, -0.2) is 0 Å². The highest BCUT2D eigenvalue weighted by atomic mass is 32.1. The summed E-state index contributed by atoms with van der Waals surface area (Å²) in [7, 11) is 3.28. The molecule has 0 spiro atoms. The van der Waals surface area contributed by atoms with E-state index in [1.54, 1.807) is 25.6 Å². The lowest BCUT2D eigenvalue weighted by Crippen LogP contribution is -2.35. The van der Waals surface area contributed by atoms with Crippen molar-refractivity contribution < 1.29 is 14.3 Å². The number of rotatable bonds is 4. The molecule has 3 rings (SSSR count). The van der Waals surface area contributed by atoms with Crippen molar-refractivity contribution in [2.24, 2.45) is 0 Å². The Bertz CT molecular complexity index is 766. The van der Waals surface area contributed by atoms with Gasteiger partial charge in [-0.1, -0.05) is 6.92 Å². The van der Waals surface area contributed by atoms with Crippen LogP contribution in [0, 0.1) is 6.92 Å². The van der Waals surface area contributed by atoms with Gasteiger partial charge in [0.25, 0.3) is 5.91 Å². The number of fused-ring (bicyclic) bond motifs is 1. The lowest BCUT2D eigenvalue weighted by molar-refractivity contribution is 0.0739. The van der Waals surface area contributed by atoms with Crippen molar-refractivity contribution in [3.05, 3.63) is 44.6 Å². The van der Waals surface area contributed by atoms with Crippen LogP contribution in [0.3, 0.4) is 0 Å². The Hall–Kier alpha value is -2.01. The van der Waals surface area contributed by atoms with Crippen molar-refractivity contribution in [2.75, 3.05) is 20.8 Å². The predicted octanol–water partition coefficient (Wildman–Crippen LogP) is 3.83. The maximum Gasteiger partial charge on any atom is 0.264 e. The van der Waals surface area contributed by atoms with Crippen LogP contribution in [0.1, 0.15) is 38.2 Å². The average Bonchev–Trinajstić information content (AvgIpc) is 3.00. The van der Waals surface area contributed by atoms with Crippen molar-refractivity contribution >= 4 is 17.2 Å². The molecule has 0 atom stereocenters. The zero-order chi connectivity index (χ0) is 17.3. The molecule has 0 radical (unpaired) electrons. The second-order valence-corrected chi connectivity index (χ2v) is 7.25. The van der Waals surface area contributed by atoms with Crippen molar-refractivity contribution in [2.45, 2.75) is 33.2 Å². The highest BCUT2D eigenvalue weighted by molar-refractivity contribution is 7.14. The standard InChI is InChI=1S/C19H23NO3S/c1-5-13-10-18(24-12(13)2)19(21)20-7-6-14-8-16(22-3)17(23-4)9-15(14)11-20/h8-10H,5-7,11H2,1-4H3. The van der Waals surface area contributed by atoms with Gasteiger partial charge >= 0.3 is 0 Å². The largest absolute Gasteiger partial charge is 0.493 e. The Labute approximate surface area is 147 Å². The summed E-state index contributed by atoms with van der Waals surface area (Å²) < 4.78 is 10.8. The second-order valence-electron chi connectivity index (χ2n) is 6.00. The molecule has 1 aliphatic heterocycles. The van der Waals surface area contributed by atoms with Crippen LogP contribution in [-0.2, 0) is 19.4 Å². The van der Waals surface area contributed by atoms with Crippen LogP contribution < -0.4 is 9.47 Å². The van der Waals surface area contributed by atoms with E-state index in [1.165, 1.54) is 16.0 Å². The van der Waals surface area contributed by atoms with E-state index in [4.69, 9.17) is 9.47 Å². The first-order valence-corrected chi connectivity index (χ1v) is 9.01. The summed E-state index contributed by atoms with van der Waals surface area (Å²) in [5.74, 6) is 1.59. The van der Waals surface area contributed by atoms with Gasteiger partial charge in [-0.05, 0) is 54.7 Å². The summed E-state index contributed by atoms with van der Waals surface area (Å²) in [6, 6.07) is 6.07. The Morgan fingerprint density at radius 1 is 1.17 bits per heavy atom. The lowest BCUT2D eigenvalue weighted by atomic mass is 9.98. The molecule has 1 aromatic carbocycles. The quantitative estimate of drug-likeness (QED) is 0.845. The number of aryl methyl sites for hydroxylation is 2. The number of nitrogens with zero attached hydrogens (tertiary/aromatic N) is 1. The summed E-state index contributed by atoms with van der Waals surface area (Å²) in [5, 5.41) is 0. The maximum absolute atomic E-state index is 12.8. The summed E-state index contributed by atoms with van der Waals surface area (Å²) >= 11 is 1.60. The first kappa shape index (κ1) is 16.8. The highest BCUT2D eigenvalue weighted by Crippen LogP contribution is 2.34. The molecule has 1 aromatic heterocycles. The molecule has 0 saturated carbocycles. The van der Waals surface area contributed by atoms with E-state index in [9.17, 15) is 4.79 Å². The van der Waals surface area contributed by atoms with Gasteiger partial charge in [0, 0.05) is 18.0 Å². The number of ether oxygens (including phenoxy) is 2. The zero-order valence-corrected chi connectivity index (χ0v) is 15.5. The van der Waals surface area contributed by atoms with E-state index in [1.807, 2.05) is 23.1 Å². The Balaban J connectivity index is 1.84. The number of methoxy groups -OCH3 is 2. The van der Waals surface area contributed by atoms with Crippen LogP contribution in [-0.4, -0.2) is 31.6 Å². The molecule has 0 fully saturated rings. The molecule has 0 saturated heterocycles. The van der Waals surface area contributed by atoms with Gasteiger partial charge in [0.2, 0.25) is 0 Å². The first-order chi connectivity index (χ1) is 11.6. The minimum absolute atomic E-state index is 0.128. The van der Waals surface area contributed by atoms with Gasteiger partial charge in [0.05, 0.1) is 19.1 Å². The zero-order valence-electron chi connectivity index (χ0n) is 14.6. The summed E-state index contributed by atoms with van der Waals surface area (Å²) in [4.78, 5) is 16.9. The maximum atomic E-state index is 12.8. The number of hydrogen-bond donors (Lipinski definition) is 0. The number of benzene rings is 1. The van der Waals surface area contributed by atoms with Crippen LogP contribution in [0.5, 0.6) is 11.5 Å². The number of carbonyl (C=O) groups is 1. The lowest BCUT2D eigenvalue weighted by Gasteiger charge is -2.29. The SMILES string of the molecule is CCc1cc(C(=O)N2CCc3cc(OC)c(OC)cc3C2)sc1C. The normalized spacial score (nSPS) is 13.6. The third kappa shape index (κ3) is 3.00. The van der Waals surface area contributed by atoms with E-state index in [0.29, 0.717) is 12.3 Å². The van der Waals surface area contributed by atoms with Crippen LogP contribution in [0.2, 0.25) is 0 Å². The molecule has 0 unspecified atom stereocenters. The Kier molecular flexibility index (Phi) is 4.81. The van der Waals surface area contributed by atoms with Gasteiger partial charge in [-0.2, -0.15) is 0 Å². The third-order valence-corrected chi connectivity index (χ3v) is 5.70. The third-order valence-electron chi connectivity index (χ3n) is 4.62. The van der Waals surface area contributed by atoms with E-state index in [-0.39, 0.29) is 5.91 Å². The molecule has 128 valence electrons. The number of thiophene rings is 1. The minimum Gasteiger partial charge on any atom is -0.493 e. The highest BCUT2D eigenvalue weighted by Gasteiger charge is 2.25. The van der Waals surface area contributed by atoms with E-state index in [0.717, 1.165) is 35.6 Å². The molecule has 0 N–H and O–H groups in total. The van der Waals surface area contributed by atoms with Gasteiger partial charge in [0.1, 0.15) is 0 Å². The Morgan fingerprint density at radius 3 is 2.42 bits per heavy atom. The fraction of sp³-hybridized carbons (Fsp3) is 0.421. The van der Waals surface area contributed by atoms with E-state index < -0.39 is 0 Å². The van der Waals surface area contributed by atoms with Crippen molar-refractivity contribution in [3.8, 4) is 11.5 Å². The van der Waals surface area contributed by atoms with Gasteiger partial charge in [0.15, 0.2) is 11.5 Å². The van der Waals surface area contributed by atoms with Crippen LogP contribution in [0.25, 0.3) is 0 Å². The topological polar surface area (TPSA) is 38.8 Å². The molecule has 1 aliphatic rings. The van der Waals surface area contributed by atoms with Crippen molar-refractivity contribution in [1.29, 1.82) is 0 Å². The number of amides is 1. The van der Waals surface area contributed by atoms with E-state index in [2.05, 4.69) is 13.8 Å². The summed E-state index contributed by atoms with van der Waals surface area (Å²) in [6.07, 6.45) is 1.81. The molecule has 2 heterocycles. The smallest absolute Gasteiger partial charge is 0.264 e. The fourth-order valence-electron chi connectivity index (χ4n) is 3.19. The molecule has 2 aromatic rings. The minimum atomic E-state index is 0.128. The van der Waals surface area contributed by atoms with Crippen molar-refractivity contribution in [1.82, 2.24) is 4.90 Å². The molecule has 0 aliphatic carbocycles. The predicted molar refractivity (Wildman–Crippen MR) is 96.4 cm³/mol. The first-order valence-electron chi connectivity index (χ1n) is 8.19. The van der Waals surface area contributed by atoms with E-state index >= 15 is 0 Å². The molecule has 1 amide bonds. The van der Waals surface area contributed by atoms with Crippen LogP contribution in [0.15, 0.2) is 18.2 Å². The average molecular weight is 345 g/mol. The van der Waals surface area contributed by atoms with Crippen LogP contribution >= 0.6 is 11.3 Å². The van der Waals surface area contributed by atoms with Crippen molar-refractivity contribution in [3.63, 3.8) is 0 Å². The number of carbonyl (C=O) groups excluding carboxylic acids is 1. The number of hydrogen-bond acceptors (Lipinski definition) is 4. The molecule has 0 bridgehead atoms.